The first-order valence-electron chi connectivity index (χ1n) is 3.94. The van der Waals surface area contributed by atoms with Crippen molar-refractivity contribution in [3.05, 3.63) is 0 Å². The summed E-state index contributed by atoms with van der Waals surface area (Å²) in [5.41, 5.74) is 1.13. The lowest BCUT2D eigenvalue weighted by Gasteiger charge is -2.08. The van der Waals surface area contributed by atoms with E-state index in [4.69, 9.17) is 4.84 Å². The van der Waals surface area contributed by atoms with Crippen LogP contribution in [0.25, 0.3) is 0 Å². The predicted octanol–water partition coefficient (Wildman–Crippen LogP) is 1.35. The lowest BCUT2D eigenvalue weighted by molar-refractivity contribution is 0.211. The van der Waals surface area contributed by atoms with Crippen molar-refractivity contribution in [1.29, 1.82) is 0 Å². The highest BCUT2D eigenvalue weighted by Crippen LogP contribution is 1.94. The number of rotatable bonds is 5. The molecule has 3 heteroatoms. The first kappa shape index (κ1) is 10.4. The molecule has 0 aliphatic carbocycles. The normalized spacial score (nSPS) is 12.3. The fraction of sp³-hybridized carbons (Fsp3) is 0.875. The zero-order valence-corrected chi connectivity index (χ0v) is 7.92. The summed E-state index contributed by atoms with van der Waals surface area (Å²) >= 11 is 0. The van der Waals surface area contributed by atoms with Crippen LogP contribution in [0.1, 0.15) is 19.8 Å². The second-order valence-corrected chi connectivity index (χ2v) is 2.75. The molecule has 0 saturated heterocycles. The number of hydrogen-bond acceptors (Lipinski definition) is 3. The Labute approximate surface area is 69.0 Å². The minimum Gasteiger partial charge on any atom is -0.399 e. The van der Waals surface area contributed by atoms with Gasteiger partial charge in [0.2, 0.25) is 0 Å². The lowest BCUT2D eigenvalue weighted by atomic mass is 10.2. The van der Waals surface area contributed by atoms with Crippen molar-refractivity contribution >= 4 is 5.71 Å². The fourth-order valence-corrected chi connectivity index (χ4v) is 0.769. The van der Waals surface area contributed by atoms with Gasteiger partial charge >= 0.3 is 0 Å². The fourth-order valence-electron chi connectivity index (χ4n) is 0.769. The van der Waals surface area contributed by atoms with Crippen LogP contribution in [-0.2, 0) is 4.84 Å². The SMILES string of the molecule is CCC(CCN(C)C)=NOC. The summed E-state index contributed by atoms with van der Waals surface area (Å²) in [4.78, 5) is 6.84. The van der Waals surface area contributed by atoms with Crippen LogP contribution in [-0.4, -0.2) is 38.4 Å². The summed E-state index contributed by atoms with van der Waals surface area (Å²) in [6, 6.07) is 0. The van der Waals surface area contributed by atoms with E-state index in [2.05, 4.69) is 31.1 Å². The van der Waals surface area contributed by atoms with Crippen LogP contribution < -0.4 is 0 Å². The van der Waals surface area contributed by atoms with E-state index in [0.717, 1.165) is 25.1 Å². The smallest absolute Gasteiger partial charge is 0.106 e. The molecule has 3 nitrogen and oxygen atoms in total. The van der Waals surface area contributed by atoms with Crippen molar-refractivity contribution in [1.82, 2.24) is 4.90 Å². The Morgan fingerprint density at radius 2 is 2.09 bits per heavy atom. The summed E-state index contributed by atoms with van der Waals surface area (Å²) in [6.45, 7) is 3.13. The highest BCUT2D eigenvalue weighted by atomic mass is 16.6. The van der Waals surface area contributed by atoms with Crippen molar-refractivity contribution in [2.45, 2.75) is 19.8 Å². The Morgan fingerprint density at radius 1 is 1.45 bits per heavy atom. The third-order valence-electron chi connectivity index (χ3n) is 1.48. The lowest BCUT2D eigenvalue weighted by Crippen LogP contribution is -2.16. The Morgan fingerprint density at radius 3 is 2.45 bits per heavy atom. The molecule has 0 aromatic rings. The molecular formula is C8H18N2O. The van der Waals surface area contributed by atoms with Gasteiger partial charge in [0.1, 0.15) is 7.11 Å². The van der Waals surface area contributed by atoms with Crippen LogP contribution in [0.15, 0.2) is 5.16 Å². The molecule has 66 valence electrons. The van der Waals surface area contributed by atoms with Gasteiger partial charge in [-0.25, -0.2) is 0 Å². The number of oxime groups is 1. The van der Waals surface area contributed by atoms with Crippen molar-refractivity contribution < 1.29 is 4.84 Å². The van der Waals surface area contributed by atoms with E-state index < -0.39 is 0 Å². The van der Waals surface area contributed by atoms with Gasteiger partial charge in [0.15, 0.2) is 0 Å². The number of nitrogens with zero attached hydrogens (tertiary/aromatic N) is 2. The Bertz CT molecular complexity index is 121. The molecule has 0 bridgehead atoms. The van der Waals surface area contributed by atoms with Gasteiger partial charge in [-0.1, -0.05) is 12.1 Å². The van der Waals surface area contributed by atoms with Crippen LogP contribution in [0.2, 0.25) is 0 Å². The molecule has 11 heavy (non-hydrogen) atoms. The van der Waals surface area contributed by atoms with E-state index in [9.17, 15) is 0 Å². The Hall–Kier alpha value is -0.570. The molecule has 0 aliphatic rings. The molecule has 0 rings (SSSR count). The largest absolute Gasteiger partial charge is 0.399 e. The average molecular weight is 158 g/mol. The van der Waals surface area contributed by atoms with Crippen LogP contribution in [0.4, 0.5) is 0 Å². The van der Waals surface area contributed by atoms with Crippen LogP contribution >= 0.6 is 0 Å². The van der Waals surface area contributed by atoms with Gasteiger partial charge in [-0.15, -0.1) is 0 Å². The molecule has 0 aromatic heterocycles. The molecule has 0 heterocycles. The van der Waals surface area contributed by atoms with E-state index in [1.54, 1.807) is 7.11 Å². The maximum Gasteiger partial charge on any atom is 0.106 e. The molecule has 0 unspecified atom stereocenters. The molecule has 0 amide bonds. The standard InChI is InChI=1S/C8H18N2O/c1-5-8(9-11-4)6-7-10(2)3/h5-7H2,1-4H3. The third kappa shape index (κ3) is 5.85. The van der Waals surface area contributed by atoms with E-state index >= 15 is 0 Å². The molecule has 0 aliphatic heterocycles. The second-order valence-electron chi connectivity index (χ2n) is 2.75. The average Bonchev–Trinajstić information content (AvgIpc) is 1.97. The summed E-state index contributed by atoms with van der Waals surface area (Å²) in [6.07, 6.45) is 1.97. The molecule has 0 spiro atoms. The summed E-state index contributed by atoms with van der Waals surface area (Å²) in [5, 5.41) is 3.90. The zero-order chi connectivity index (χ0) is 8.69. The van der Waals surface area contributed by atoms with Crippen molar-refractivity contribution in [3.8, 4) is 0 Å². The molecule has 0 radical (unpaired) electrons. The number of hydrogen-bond donors (Lipinski definition) is 0. The maximum atomic E-state index is 4.70. The van der Waals surface area contributed by atoms with Crippen LogP contribution in [0, 0.1) is 0 Å². The van der Waals surface area contributed by atoms with Gasteiger partial charge in [-0.05, 0) is 20.5 Å². The van der Waals surface area contributed by atoms with Gasteiger partial charge < -0.3 is 9.74 Å². The van der Waals surface area contributed by atoms with E-state index in [1.807, 2.05) is 0 Å². The second kappa shape index (κ2) is 6.16. The van der Waals surface area contributed by atoms with Crippen molar-refractivity contribution in [2.75, 3.05) is 27.7 Å². The molecule has 0 N–H and O–H groups in total. The molecular weight excluding hydrogens is 140 g/mol. The van der Waals surface area contributed by atoms with Gasteiger partial charge in [-0.2, -0.15) is 0 Å². The predicted molar refractivity (Wildman–Crippen MR) is 47.9 cm³/mol. The quantitative estimate of drug-likeness (QED) is 0.445. The highest BCUT2D eigenvalue weighted by Gasteiger charge is 1.97. The third-order valence-corrected chi connectivity index (χ3v) is 1.48. The monoisotopic (exact) mass is 158 g/mol. The van der Waals surface area contributed by atoms with Gasteiger partial charge in [0, 0.05) is 13.0 Å². The molecule has 0 saturated carbocycles. The first-order chi connectivity index (χ1) is 5.20. The molecule has 0 fully saturated rings. The van der Waals surface area contributed by atoms with E-state index in [0.29, 0.717) is 0 Å². The van der Waals surface area contributed by atoms with Crippen molar-refractivity contribution in [2.24, 2.45) is 5.16 Å². The highest BCUT2D eigenvalue weighted by molar-refractivity contribution is 5.83. The Kier molecular flexibility index (Phi) is 5.84. The van der Waals surface area contributed by atoms with Crippen LogP contribution in [0.5, 0.6) is 0 Å². The maximum absolute atomic E-state index is 4.70. The summed E-state index contributed by atoms with van der Waals surface area (Å²) < 4.78 is 0. The van der Waals surface area contributed by atoms with Crippen LogP contribution in [0.3, 0.4) is 0 Å². The van der Waals surface area contributed by atoms with Gasteiger partial charge in [0.25, 0.3) is 0 Å². The van der Waals surface area contributed by atoms with Crippen molar-refractivity contribution in [3.63, 3.8) is 0 Å². The van der Waals surface area contributed by atoms with E-state index in [-0.39, 0.29) is 0 Å². The minimum atomic E-state index is 0.974. The first-order valence-corrected chi connectivity index (χ1v) is 3.94. The topological polar surface area (TPSA) is 24.8 Å². The van der Waals surface area contributed by atoms with E-state index in [1.165, 1.54) is 0 Å². The summed E-state index contributed by atoms with van der Waals surface area (Å²) in [7, 11) is 5.70. The summed E-state index contributed by atoms with van der Waals surface area (Å²) in [5.74, 6) is 0. The zero-order valence-electron chi connectivity index (χ0n) is 7.92. The molecule has 0 atom stereocenters. The van der Waals surface area contributed by atoms with Gasteiger partial charge in [0.05, 0.1) is 5.71 Å². The Balaban J connectivity index is 3.61. The van der Waals surface area contributed by atoms with Gasteiger partial charge in [-0.3, -0.25) is 0 Å². The molecule has 0 aromatic carbocycles. The minimum absolute atomic E-state index is 0.974.